The average molecular weight is 941 g/mol. The van der Waals surface area contributed by atoms with Gasteiger partial charge in [-0.1, -0.05) is 224 Å². The van der Waals surface area contributed by atoms with Crippen LogP contribution in [0.4, 0.5) is 17.1 Å². The molecular formula is C72H48N2. The van der Waals surface area contributed by atoms with Crippen LogP contribution in [0.5, 0.6) is 0 Å². The highest BCUT2D eigenvalue weighted by atomic mass is 15.1. The molecule has 0 saturated carbocycles. The van der Waals surface area contributed by atoms with Gasteiger partial charge in [-0.25, -0.2) is 0 Å². The summed E-state index contributed by atoms with van der Waals surface area (Å²) in [6.07, 6.45) is 0. The summed E-state index contributed by atoms with van der Waals surface area (Å²) in [5.41, 5.74) is 18.6. The Balaban J connectivity index is 0.975. The molecular weight excluding hydrogens is 893 g/mol. The van der Waals surface area contributed by atoms with E-state index in [1.165, 1.54) is 93.1 Å². The molecule has 0 aliphatic heterocycles. The fourth-order valence-corrected chi connectivity index (χ4v) is 11.6. The number of para-hydroxylation sites is 3. The third kappa shape index (κ3) is 7.35. The van der Waals surface area contributed by atoms with Gasteiger partial charge in [0.2, 0.25) is 0 Å². The number of fused-ring (bicyclic) bond motifs is 7. The number of aromatic nitrogens is 1. The Morgan fingerprint density at radius 3 is 1.57 bits per heavy atom. The number of anilines is 3. The first-order valence-corrected chi connectivity index (χ1v) is 25.5. The third-order valence-corrected chi connectivity index (χ3v) is 14.9. The summed E-state index contributed by atoms with van der Waals surface area (Å²) < 4.78 is 2.40. The Bertz CT molecular complexity index is 4400. The third-order valence-electron chi connectivity index (χ3n) is 14.9. The Morgan fingerprint density at radius 1 is 0.257 bits per heavy atom. The van der Waals surface area contributed by atoms with Gasteiger partial charge in [-0.3, -0.25) is 0 Å². The summed E-state index contributed by atoms with van der Waals surface area (Å²) in [5, 5.41) is 9.89. The highest BCUT2D eigenvalue weighted by Gasteiger charge is 2.23. The van der Waals surface area contributed by atoms with Crippen LogP contribution in [0.2, 0.25) is 0 Å². The van der Waals surface area contributed by atoms with E-state index >= 15 is 0 Å². The van der Waals surface area contributed by atoms with Crippen LogP contribution in [0, 0.1) is 0 Å². The van der Waals surface area contributed by atoms with E-state index in [1.807, 2.05) is 0 Å². The summed E-state index contributed by atoms with van der Waals surface area (Å²) in [4.78, 5) is 2.45. The summed E-state index contributed by atoms with van der Waals surface area (Å²) in [6.45, 7) is 0. The van der Waals surface area contributed by atoms with Gasteiger partial charge in [0.05, 0.1) is 16.7 Å². The molecule has 0 fully saturated rings. The SMILES string of the molecule is c1ccc(-c2c(-c3ccccc3)c3cc(-c4cccc(N(c5ccc(-c6ccc7ccccc7c6)cc5)c5ccccc5-c5cccc6c5c5ccccc5n6-c5ccccc5)c4)ccc3c3ccccc23)cc1. The van der Waals surface area contributed by atoms with Crippen molar-refractivity contribution in [1.82, 2.24) is 4.57 Å². The first-order valence-electron chi connectivity index (χ1n) is 25.5. The van der Waals surface area contributed by atoms with Crippen LogP contribution < -0.4 is 4.90 Å². The minimum Gasteiger partial charge on any atom is -0.310 e. The maximum atomic E-state index is 2.45. The molecule has 0 spiro atoms. The molecule has 13 aromatic carbocycles. The second-order valence-corrected chi connectivity index (χ2v) is 19.2. The van der Waals surface area contributed by atoms with Crippen molar-refractivity contribution in [3.63, 3.8) is 0 Å². The van der Waals surface area contributed by atoms with Crippen LogP contribution in [0.15, 0.2) is 291 Å². The fourth-order valence-electron chi connectivity index (χ4n) is 11.6. The molecule has 14 aromatic rings. The lowest BCUT2D eigenvalue weighted by Crippen LogP contribution is -2.11. The lowest BCUT2D eigenvalue weighted by atomic mass is 9.84. The molecule has 0 amide bonds. The van der Waals surface area contributed by atoms with Gasteiger partial charge >= 0.3 is 0 Å². The van der Waals surface area contributed by atoms with Crippen molar-refractivity contribution in [3.05, 3.63) is 291 Å². The number of hydrogen-bond donors (Lipinski definition) is 0. The molecule has 14 rings (SSSR count). The van der Waals surface area contributed by atoms with Crippen LogP contribution in [-0.4, -0.2) is 4.57 Å². The minimum absolute atomic E-state index is 1.07. The molecule has 1 aromatic heterocycles. The molecule has 0 aliphatic rings. The highest BCUT2D eigenvalue weighted by molar-refractivity contribution is 6.22. The molecule has 0 saturated heterocycles. The van der Waals surface area contributed by atoms with E-state index < -0.39 is 0 Å². The van der Waals surface area contributed by atoms with E-state index in [1.54, 1.807) is 0 Å². The van der Waals surface area contributed by atoms with E-state index in [4.69, 9.17) is 0 Å². The van der Waals surface area contributed by atoms with E-state index in [0.717, 1.165) is 39.4 Å². The van der Waals surface area contributed by atoms with Crippen molar-refractivity contribution >= 4 is 71.2 Å². The molecule has 0 N–H and O–H groups in total. The van der Waals surface area contributed by atoms with Gasteiger partial charge in [-0.05, 0) is 149 Å². The Morgan fingerprint density at radius 2 is 0.784 bits per heavy atom. The Kier molecular flexibility index (Phi) is 10.6. The van der Waals surface area contributed by atoms with Crippen molar-refractivity contribution in [2.24, 2.45) is 0 Å². The zero-order valence-electron chi connectivity index (χ0n) is 40.6. The van der Waals surface area contributed by atoms with E-state index in [9.17, 15) is 0 Å². The van der Waals surface area contributed by atoms with Gasteiger partial charge in [-0.2, -0.15) is 0 Å². The zero-order valence-corrected chi connectivity index (χ0v) is 40.6. The van der Waals surface area contributed by atoms with E-state index in [-0.39, 0.29) is 0 Å². The Labute approximate surface area is 430 Å². The molecule has 346 valence electrons. The van der Waals surface area contributed by atoms with Crippen LogP contribution in [0.1, 0.15) is 0 Å². The summed E-state index contributed by atoms with van der Waals surface area (Å²) in [7, 11) is 0. The average Bonchev–Trinajstić information content (AvgIpc) is 3.83. The van der Waals surface area contributed by atoms with Crippen molar-refractivity contribution < 1.29 is 0 Å². The molecule has 0 aliphatic carbocycles. The number of nitrogens with zero attached hydrogens (tertiary/aromatic N) is 2. The van der Waals surface area contributed by atoms with E-state index in [0.29, 0.717) is 0 Å². The van der Waals surface area contributed by atoms with Crippen molar-refractivity contribution in [2.45, 2.75) is 0 Å². The molecule has 74 heavy (non-hydrogen) atoms. The first kappa shape index (κ1) is 43.1. The quantitative estimate of drug-likeness (QED) is 0.131. The maximum Gasteiger partial charge on any atom is 0.0547 e. The van der Waals surface area contributed by atoms with Crippen molar-refractivity contribution in [2.75, 3.05) is 4.90 Å². The zero-order chi connectivity index (χ0) is 49.0. The molecule has 0 radical (unpaired) electrons. The van der Waals surface area contributed by atoms with Gasteiger partial charge in [0, 0.05) is 33.4 Å². The summed E-state index contributed by atoms with van der Waals surface area (Å²) in [6, 6.07) is 107. The molecule has 2 nitrogen and oxygen atoms in total. The predicted octanol–water partition coefficient (Wildman–Crippen LogP) is 20.0. The maximum absolute atomic E-state index is 2.45. The second-order valence-electron chi connectivity index (χ2n) is 19.2. The molecule has 0 bridgehead atoms. The van der Waals surface area contributed by atoms with Crippen LogP contribution in [0.25, 0.3) is 115 Å². The standard InChI is InChI=1S/C72H48N2/c1-4-21-51(22-5-1)70-63-32-13-12-30-60(63)61-45-42-56(48-66(61)71(70)52-23-6-2-7-24-52)54-26-18-29-59(47-54)73(58-43-40-50(41-44-58)55-39-38-49-20-10-11-25-53(49)46-55)67-35-16-14-31-62(67)64-34-19-37-69-72(64)65-33-15-17-36-68(65)74(69)57-27-8-3-9-28-57/h1-48H. The van der Waals surface area contributed by atoms with Crippen molar-refractivity contribution in [1.29, 1.82) is 0 Å². The largest absolute Gasteiger partial charge is 0.310 e. The number of benzene rings is 13. The second kappa shape index (κ2) is 18.1. The van der Waals surface area contributed by atoms with Crippen LogP contribution >= 0.6 is 0 Å². The Hall–Kier alpha value is -9.76. The highest BCUT2D eigenvalue weighted by Crippen LogP contribution is 2.48. The molecule has 2 heteroatoms. The van der Waals surface area contributed by atoms with Gasteiger partial charge in [-0.15, -0.1) is 0 Å². The fraction of sp³-hybridized carbons (Fsp3) is 0. The van der Waals surface area contributed by atoms with Gasteiger partial charge in [0.25, 0.3) is 0 Å². The van der Waals surface area contributed by atoms with Gasteiger partial charge in [0.15, 0.2) is 0 Å². The number of hydrogen-bond acceptors (Lipinski definition) is 1. The predicted molar refractivity (Wildman–Crippen MR) is 315 cm³/mol. The minimum atomic E-state index is 1.07. The lowest BCUT2D eigenvalue weighted by Gasteiger charge is -2.29. The lowest BCUT2D eigenvalue weighted by molar-refractivity contribution is 1.18. The monoisotopic (exact) mass is 940 g/mol. The molecule has 0 atom stereocenters. The van der Waals surface area contributed by atoms with Gasteiger partial charge < -0.3 is 9.47 Å². The smallest absolute Gasteiger partial charge is 0.0547 e. The summed E-state index contributed by atoms with van der Waals surface area (Å²) >= 11 is 0. The van der Waals surface area contributed by atoms with E-state index in [2.05, 4.69) is 301 Å². The number of rotatable bonds is 9. The van der Waals surface area contributed by atoms with Crippen molar-refractivity contribution in [3.8, 4) is 61.3 Å². The topological polar surface area (TPSA) is 8.17 Å². The molecule has 0 unspecified atom stereocenters. The van der Waals surface area contributed by atoms with Gasteiger partial charge in [0.1, 0.15) is 0 Å². The molecule has 1 heterocycles. The normalized spacial score (nSPS) is 11.5. The van der Waals surface area contributed by atoms with Crippen LogP contribution in [-0.2, 0) is 0 Å². The first-order chi connectivity index (χ1) is 36.7. The van der Waals surface area contributed by atoms with Crippen LogP contribution in [0.3, 0.4) is 0 Å². The summed E-state index contributed by atoms with van der Waals surface area (Å²) in [5.74, 6) is 0.